The maximum Gasteiger partial charge on any atom is 0.311 e. The van der Waals surface area contributed by atoms with Crippen LogP contribution in [0.4, 0.5) is 17.6 Å². The van der Waals surface area contributed by atoms with Gasteiger partial charge in [0, 0.05) is 18.9 Å². The minimum Gasteiger partial charge on any atom is -0.420 e. The topological polar surface area (TPSA) is 55.4 Å². The van der Waals surface area contributed by atoms with Gasteiger partial charge in [-0.2, -0.15) is 8.78 Å². The number of halogens is 4. The first kappa shape index (κ1) is 31.7. The quantitative estimate of drug-likeness (QED) is 0.132. The molecule has 4 nitrogen and oxygen atoms in total. The Morgan fingerprint density at radius 1 is 1.00 bits per heavy atom. The summed E-state index contributed by atoms with van der Waals surface area (Å²) in [6, 6.07) is 0.00833. The highest BCUT2D eigenvalue weighted by Crippen LogP contribution is 2.26. The highest BCUT2D eigenvalue weighted by molar-refractivity contribution is 5.72. The van der Waals surface area contributed by atoms with Gasteiger partial charge in [-0.15, -0.1) is 0 Å². The van der Waals surface area contributed by atoms with E-state index >= 15 is 0 Å². The number of rotatable bonds is 9. The Balaban J connectivity index is -0.000000516. The monoisotopic (exact) mass is 425 g/mol. The second-order valence-electron chi connectivity index (χ2n) is 5.14. The zero-order valence-corrected chi connectivity index (χ0v) is 18.3. The number of hydrogen-bond acceptors (Lipinski definition) is 4. The number of unbranched alkanes of at least 4 members (excludes halogenated alkanes) is 3. The molecule has 29 heavy (non-hydrogen) atoms. The fourth-order valence-corrected chi connectivity index (χ4v) is 1.69. The summed E-state index contributed by atoms with van der Waals surface area (Å²) < 4.78 is 55.9. The summed E-state index contributed by atoms with van der Waals surface area (Å²) in [5.41, 5.74) is 0. The first-order chi connectivity index (χ1) is 13.9. The van der Waals surface area contributed by atoms with E-state index in [1.165, 1.54) is 25.8 Å². The van der Waals surface area contributed by atoms with E-state index in [1.807, 2.05) is 34.7 Å². The molecule has 0 saturated heterocycles. The fourth-order valence-electron chi connectivity index (χ4n) is 1.69. The normalized spacial score (nSPS) is 9.03. The smallest absolute Gasteiger partial charge is 0.311 e. The highest BCUT2D eigenvalue weighted by Gasteiger charge is 2.22. The summed E-state index contributed by atoms with van der Waals surface area (Å²) >= 11 is 0. The molecule has 0 aliphatic heterocycles. The largest absolute Gasteiger partial charge is 0.420 e. The Kier molecular flexibility index (Phi) is 24.4. The first-order valence-electron chi connectivity index (χ1n) is 10.0. The number of aldehydes is 1. The number of ether oxygens (including phenoxy) is 1. The summed E-state index contributed by atoms with van der Waals surface area (Å²) in [5, 5.41) is 3.10. The van der Waals surface area contributed by atoms with Gasteiger partial charge in [0.05, 0.1) is 0 Å². The summed E-state index contributed by atoms with van der Waals surface area (Å²) in [4.78, 5) is 21.1. The van der Waals surface area contributed by atoms with Crippen LogP contribution >= 0.6 is 0 Å². The van der Waals surface area contributed by atoms with Gasteiger partial charge < -0.3 is 14.8 Å². The van der Waals surface area contributed by atoms with Crippen molar-refractivity contribution in [2.45, 2.75) is 73.1 Å². The van der Waals surface area contributed by atoms with E-state index in [1.54, 1.807) is 0 Å². The lowest BCUT2D eigenvalue weighted by Gasteiger charge is -2.07. The van der Waals surface area contributed by atoms with Crippen LogP contribution in [0.3, 0.4) is 0 Å². The molecule has 1 aromatic rings. The molecule has 8 heteroatoms. The van der Waals surface area contributed by atoms with Gasteiger partial charge in [0.15, 0.2) is 11.6 Å². The van der Waals surface area contributed by atoms with Crippen LogP contribution in [0.25, 0.3) is 0 Å². The molecule has 0 aliphatic rings. The molecule has 0 spiro atoms. The summed E-state index contributed by atoms with van der Waals surface area (Å²) in [5.74, 6) is -9.38. The van der Waals surface area contributed by atoms with Crippen molar-refractivity contribution in [1.82, 2.24) is 5.32 Å². The van der Waals surface area contributed by atoms with E-state index in [2.05, 4.69) is 17.0 Å². The average Bonchev–Trinajstić information content (AvgIpc) is 2.74. The summed E-state index contributed by atoms with van der Waals surface area (Å²) in [6.07, 6.45) is 4.45. The third-order valence-corrected chi connectivity index (χ3v) is 3.02. The molecule has 0 aliphatic carbocycles. The van der Waals surface area contributed by atoms with Crippen LogP contribution in [0.15, 0.2) is 6.07 Å². The maximum absolute atomic E-state index is 13.1. The van der Waals surface area contributed by atoms with E-state index < -0.39 is 35.0 Å². The van der Waals surface area contributed by atoms with Gasteiger partial charge >= 0.3 is 5.97 Å². The SMILES string of the molecule is CC.CC.CCCCCNC.O=CCCCC(=O)Oc1c(F)c(F)cc(F)c1F. The maximum atomic E-state index is 13.1. The number of esters is 1. The van der Waals surface area contributed by atoms with Crippen molar-refractivity contribution >= 4 is 12.3 Å². The van der Waals surface area contributed by atoms with Gasteiger partial charge in [-0.25, -0.2) is 8.78 Å². The van der Waals surface area contributed by atoms with Crippen LogP contribution in [-0.4, -0.2) is 25.8 Å². The number of nitrogens with one attached hydrogen (secondary N) is 1. The van der Waals surface area contributed by atoms with Gasteiger partial charge in [-0.1, -0.05) is 47.5 Å². The van der Waals surface area contributed by atoms with E-state index in [0.29, 0.717) is 6.29 Å². The van der Waals surface area contributed by atoms with Crippen LogP contribution in [0.5, 0.6) is 5.75 Å². The van der Waals surface area contributed by atoms with Crippen molar-refractivity contribution < 1.29 is 31.9 Å². The Labute approximate surface area is 172 Å². The van der Waals surface area contributed by atoms with Crippen molar-refractivity contribution in [3.63, 3.8) is 0 Å². The number of hydrogen-bond donors (Lipinski definition) is 1. The molecule has 0 heterocycles. The molecule has 0 amide bonds. The highest BCUT2D eigenvalue weighted by atomic mass is 19.2. The minimum absolute atomic E-state index is 0.00833. The third kappa shape index (κ3) is 15.6. The summed E-state index contributed by atoms with van der Waals surface area (Å²) in [6.45, 7) is 11.4. The van der Waals surface area contributed by atoms with Gasteiger partial charge in [0.2, 0.25) is 17.4 Å². The Morgan fingerprint density at radius 3 is 1.93 bits per heavy atom. The van der Waals surface area contributed by atoms with Gasteiger partial charge in [0.1, 0.15) is 6.29 Å². The number of carbonyl (C=O) groups is 2. The van der Waals surface area contributed by atoms with Gasteiger partial charge in [-0.3, -0.25) is 4.79 Å². The lowest BCUT2D eigenvalue weighted by molar-refractivity contribution is -0.134. The van der Waals surface area contributed by atoms with Crippen LogP contribution in [0.2, 0.25) is 0 Å². The molecule has 1 rings (SSSR count). The van der Waals surface area contributed by atoms with Crippen molar-refractivity contribution in [2.75, 3.05) is 13.6 Å². The van der Waals surface area contributed by atoms with Crippen molar-refractivity contribution in [3.8, 4) is 5.75 Å². The van der Waals surface area contributed by atoms with E-state index in [9.17, 15) is 27.2 Å². The Hall–Kier alpha value is -1.96. The zero-order chi connectivity index (χ0) is 23.2. The van der Waals surface area contributed by atoms with Gasteiger partial charge in [0.25, 0.3) is 0 Å². The van der Waals surface area contributed by atoms with Crippen molar-refractivity contribution in [2.24, 2.45) is 0 Å². The van der Waals surface area contributed by atoms with Crippen LogP contribution in [-0.2, 0) is 9.59 Å². The third-order valence-electron chi connectivity index (χ3n) is 3.02. The molecule has 1 aromatic carbocycles. The summed E-state index contributed by atoms with van der Waals surface area (Å²) in [7, 11) is 2.00. The number of carbonyl (C=O) groups excluding carboxylic acids is 2. The predicted molar refractivity (Wildman–Crippen MR) is 108 cm³/mol. The van der Waals surface area contributed by atoms with Crippen molar-refractivity contribution in [1.29, 1.82) is 0 Å². The molecule has 0 bridgehead atoms. The minimum atomic E-state index is -1.78. The second-order valence-corrected chi connectivity index (χ2v) is 5.14. The van der Waals surface area contributed by atoms with Crippen LogP contribution < -0.4 is 10.1 Å². The Morgan fingerprint density at radius 2 is 1.52 bits per heavy atom. The molecule has 0 atom stereocenters. The van der Waals surface area contributed by atoms with E-state index in [-0.39, 0.29) is 25.3 Å². The molecule has 0 radical (unpaired) electrons. The van der Waals surface area contributed by atoms with E-state index in [0.717, 1.165) is 0 Å². The standard InChI is InChI=1S/C11H8F4O3.C6H15N.2C2H6/c12-6-5-7(13)10(15)11(9(6)14)18-8(17)3-1-2-4-16;1-3-4-5-6-7-2;2*1-2/h4-5H,1-3H2;7H,3-6H2,1-2H3;2*1-2H3. The molecule has 170 valence electrons. The molecule has 0 unspecified atom stereocenters. The zero-order valence-electron chi connectivity index (χ0n) is 18.3. The molecule has 1 N–H and O–H groups in total. The molecule has 0 aromatic heterocycles. The molecule has 0 saturated carbocycles. The number of benzene rings is 1. The molecular formula is C21H35F4NO3. The fraction of sp³-hybridized carbons (Fsp3) is 0.619. The molecule has 0 fully saturated rings. The van der Waals surface area contributed by atoms with Crippen LogP contribution in [0.1, 0.15) is 73.1 Å². The lowest BCUT2D eigenvalue weighted by atomic mass is 10.2. The Bertz CT molecular complexity index is 525. The average molecular weight is 426 g/mol. The van der Waals surface area contributed by atoms with Crippen molar-refractivity contribution in [3.05, 3.63) is 29.3 Å². The predicted octanol–water partition coefficient (Wildman–Crippen LogP) is 5.97. The van der Waals surface area contributed by atoms with Gasteiger partial charge in [-0.05, 0) is 26.4 Å². The second kappa shape index (κ2) is 22.3. The van der Waals surface area contributed by atoms with Crippen LogP contribution in [0, 0.1) is 23.3 Å². The van der Waals surface area contributed by atoms with E-state index in [4.69, 9.17) is 0 Å². The lowest BCUT2D eigenvalue weighted by Crippen LogP contribution is -2.11. The molecular weight excluding hydrogens is 390 g/mol. The first-order valence-corrected chi connectivity index (χ1v) is 10.0.